The van der Waals surface area contributed by atoms with Gasteiger partial charge in [-0.2, -0.15) is 0 Å². The second kappa shape index (κ2) is 9.26. The molecule has 8 nitrogen and oxygen atoms in total. The fourth-order valence-electron chi connectivity index (χ4n) is 4.54. The topological polar surface area (TPSA) is 102 Å². The van der Waals surface area contributed by atoms with Crippen LogP contribution >= 0.6 is 0 Å². The zero-order valence-electron chi connectivity index (χ0n) is 19.0. The Kier molecular flexibility index (Phi) is 6.02. The van der Waals surface area contributed by atoms with Gasteiger partial charge in [-0.3, -0.25) is 5.21 Å². The van der Waals surface area contributed by atoms with Crippen LogP contribution in [0.3, 0.4) is 0 Å². The molecule has 0 aliphatic carbocycles. The number of ether oxygens (including phenoxy) is 3. The predicted octanol–water partition coefficient (Wildman–Crippen LogP) is 4.69. The Morgan fingerprint density at radius 1 is 1.00 bits per heavy atom. The van der Waals surface area contributed by atoms with Crippen molar-refractivity contribution < 1.29 is 19.4 Å². The normalized spacial score (nSPS) is 15.1. The lowest BCUT2D eigenvalue weighted by Gasteiger charge is -2.26. The van der Waals surface area contributed by atoms with Crippen molar-refractivity contribution in [3.63, 3.8) is 0 Å². The molecule has 3 aromatic carbocycles. The van der Waals surface area contributed by atoms with E-state index >= 15 is 0 Å². The van der Waals surface area contributed by atoms with Crippen LogP contribution in [0.4, 0.5) is 5.69 Å². The van der Waals surface area contributed by atoms with Gasteiger partial charge in [0.1, 0.15) is 23.9 Å². The molecule has 5 rings (SSSR count). The van der Waals surface area contributed by atoms with Gasteiger partial charge in [0.05, 0.1) is 25.9 Å². The van der Waals surface area contributed by atoms with Gasteiger partial charge in [-0.1, -0.05) is 6.07 Å². The summed E-state index contributed by atoms with van der Waals surface area (Å²) in [4.78, 5) is 3.61. The third-order valence-corrected chi connectivity index (χ3v) is 6.25. The molecule has 0 saturated carbocycles. The molecule has 1 unspecified atom stereocenters. The lowest BCUT2D eigenvalue weighted by Crippen LogP contribution is -2.30. The van der Waals surface area contributed by atoms with Crippen LogP contribution in [0, 0.1) is 5.21 Å². The van der Waals surface area contributed by atoms with Crippen LogP contribution in [0.15, 0.2) is 60.7 Å². The summed E-state index contributed by atoms with van der Waals surface area (Å²) in [6, 6.07) is 18.5. The predicted molar refractivity (Wildman–Crippen MR) is 130 cm³/mol. The Balaban J connectivity index is 1.43. The van der Waals surface area contributed by atoms with Crippen molar-refractivity contribution in [2.45, 2.75) is 19.1 Å². The molecule has 176 valence electrons. The standard InChI is InChI=1S/C26H26N3O5/c1-32-20-8-9-23-22(14-20)21-11-12-27-25(26(21)28-23)16-3-10-24(33-2)17(13-16)15-34-19-6-4-18(5-7-19)29(30)31/h3-10,13-14,25,27-28,30H,11-12,15H2,1-2H3/q-1. The first-order valence-electron chi connectivity index (χ1n) is 11.0. The zero-order chi connectivity index (χ0) is 23.7. The largest absolute Gasteiger partial charge is 0.733 e. The highest BCUT2D eigenvalue weighted by Gasteiger charge is 2.26. The maximum absolute atomic E-state index is 11.0. The average molecular weight is 461 g/mol. The van der Waals surface area contributed by atoms with Crippen molar-refractivity contribution in [2.75, 3.05) is 26.0 Å². The Hall–Kier alpha value is -3.72. The van der Waals surface area contributed by atoms with Gasteiger partial charge in [-0.15, -0.1) is 0 Å². The molecule has 3 N–H and O–H groups in total. The van der Waals surface area contributed by atoms with Crippen LogP contribution in [0.2, 0.25) is 0 Å². The molecule has 0 radical (unpaired) electrons. The summed E-state index contributed by atoms with van der Waals surface area (Å²) >= 11 is 0. The highest BCUT2D eigenvalue weighted by molar-refractivity contribution is 5.86. The monoisotopic (exact) mass is 460 g/mol. The Bertz CT molecular complexity index is 1300. The molecule has 4 aromatic rings. The number of methoxy groups -OCH3 is 2. The van der Waals surface area contributed by atoms with Gasteiger partial charge in [0, 0.05) is 28.7 Å². The van der Waals surface area contributed by atoms with Gasteiger partial charge in [-0.25, -0.2) is 0 Å². The maximum atomic E-state index is 11.0. The molecular formula is C26H26N3O5-. The Labute approximate surface area is 197 Å². The number of nitrogens with zero attached hydrogens (tertiary/aromatic N) is 1. The van der Waals surface area contributed by atoms with Gasteiger partial charge in [0.15, 0.2) is 0 Å². The number of rotatable bonds is 7. The van der Waals surface area contributed by atoms with E-state index in [1.54, 1.807) is 26.4 Å². The summed E-state index contributed by atoms with van der Waals surface area (Å²) < 4.78 is 16.9. The van der Waals surface area contributed by atoms with E-state index in [1.807, 2.05) is 12.1 Å². The minimum atomic E-state index is -0.179. The summed E-state index contributed by atoms with van der Waals surface area (Å²) in [7, 11) is 3.32. The lowest BCUT2D eigenvalue weighted by atomic mass is 9.93. The van der Waals surface area contributed by atoms with Gasteiger partial charge in [-0.05, 0) is 72.1 Å². The fourth-order valence-corrected chi connectivity index (χ4v) is 4.54. The Morgan fingerprint density at radius 3 is 2.53 bits per heavy atom. The van der Waals surface area contributed by atoms with E-state index < -0.39 is 0 Å². The van der Waals surface area contributed by atoms with E-state index in [0.717, 1.165) is 46.8 Å². The molecule has 0 saturated heterocycles. The van der Waals surface area contributed by atoms with Gasteiger partial charge in [0.25, 0.3) is 0 Å². The van der Waals surface area contributed by atoms with E-state index in [4.69, 9.17) is 19.4 Å². The van der Waals surface area contributed by atoms with Gasteiger partial charge < -0.3 is 34.9 Å². The quantitative estimate of drug-likeness (QED) is 0.344. The third-order valence-electron chi connectivity index (χ3n) is 6.25. The van der Waals surface area contributed by atoms with Crippen molar-refractivity contribution in [1.29, 1.82) is 0 Å². The second-order valence-corrected chi connectivity index (χ2v) is 8.19. The minimum Gasteiger partial charge on any atom is -0.733 e. The smallest absolute Gasteiger partial charge is 0.125 e. The molecule has 2 heterocycles. The molecule has 0 bridgehead atoms. The van der Waals surface area contributed by atoms with Crippen LogP contribution in [-0.4, -0.2) is 31.0 Å². The van der Waals surface area contributed by atoms with Crippen molar-refractivity contribution >= 4 is 16.6 Å². The molecular weight excluding hydrogens is 434 g/mol. The lowest BCUT2D eigenvalue weighted by molar-refractivity contribution is 0.292. The van der Waals surface area contributed by atoms with Crippen LogP contribution < -0.4 is 24.8 Å². The van der Waals surface area contributed by atoms with E-state index in [-0.39, 0.29) is 17.0 Å². The molecule has 0 amide bonds. The Morgan fingerprint density at radius 2 is 1.79 bits per heavy atom. The average Bonchev–Trinajstić information content (AvgIpc) is 3.25. The molecule has 34 heavy (non-hydrogen) atoms. The number of aromatic amines is 1. The second-order valence-electron chi connectivity index (χ2n) is 8.19. The zero-order valence-corrected chi connectivity index (χ0v) is 19.0. The molecule has 8 heteroatoms. The summed E-state index contributed by atoms with van der Waals surface area (Å²) in [6.45, 7) is 1.16. The number of H-pyrrole nitrogens is 1. The van der Waals surface area contributed by atoms with Gasteiger partial charge in [0.2, 0.25) is 0 Å². The maximum Gasteiger partial charge on any atom is 0.125 e. The fraction of sp³-hybridized carbons (Fsp3) is 0.231. The first-order chi connectivity index (χ1) is 16.6. The third kappa shape index (κ3) is 4.14. The molecule has 0 fully saturated rings. The minimum absolute atomic E-state index is 0.0127. The number of anilines is 1. The summed E-state index contributed by atoms with van der Waals surface area (Å²) in [5.41, 5.74) is 5.72. The van der Waals surface area contributed by atoms with Crippen LogP contribution in [0.25, 0.3) is 10.9 Å². The van der Waals surface area contributed by atoms with Crippen LogP contribution in [0.5, 0.6) is 17.2 Å². The molecule has 0 spiro atoms. The number of fused-ring (bicyclic) bond motifs is 3. The van der Waals surface area contributed by atoms with E-state index in [9.17, 15) is 5.21 Å². The summed E-state index contributed by atoms with van der Waals surface area (Å²) in [6.07, 6.45) is 0.940. The highest BCUT2D eigenvalue weighted by atomic mass is 16.8. The van der Waals surface area contributed by atoms with Crippen LogP contribution in [-0.2, 0) is 13.0 Å². The van der Waals surface area contributed by atoms with E-state index in [2.05, 4.69) is 34.6 Å². The molecule has 1 aromatic heterocycles. The first-order valence-corrected chi connectivity index (χ1v) is 11.0. The highest BCUT2D eigenvalue weighted by Crippen LogP contribution is 2.36. The van der Waals surface area contributed by atoms with Crippen LogP contribution in [0.1, 0.15) is 28.4 Å². The number of hydrogen-bond acceptors (Lipinski definition) is 7. The van der Waals surface area contributed by atoms with Crippen molar-refractivity contribution in [1.82, 2.24) is 10.3 Å². The first kappa shape index (κ1) is 22.1. The van der Waals surface area contributed by atoms with Crippen molar-refractivity contribution in [3.05, 3.63) is 88.3 Å². The van der Waals surface area contributed by atoms with Crippen molar-refractivity contribution in [3.8, 4) is 17.2 Å². The number of aromatic nitrogens is 1. The summed E-state index contributed by atoms with van der Waals surface area (Å²) in [5, 5.41) is 24.6. The summed E-state index contributed by atoms with van der Waals surface area (Å²) in [5.74, 6) is 2.17. The molecule has 1 atom stereocenters. The van der Waals surface area contributed by atoms with Gasteiger partial charge >= 0.3 is 0 Å². The number of nitrogens with one attached hydrogen (secondary N) is 2. The number of hydrogen-bond donors (Lipinski definition) is 3. The van der Waals surface area contributed by atoms with Crippen molar-refractivity contribution in [2.24, 2.45) is 0 Å². The molecule has 1 aliphatic rings. The SMILES string of the molecule is COc1ccc2[nH]c3c(c2c1)CCNC3c1ccc(OC)c(COc2ccc(N([O-])O)cc2)c1. The van der Waals surface area contributed by atoms with E-state index in [0.29, 0.717) is 12.4 Å². The van der Waals surface area contributed by atoms with E-state index in [1.165, 1.54) is 23.1 Å². The molecule has 1 aliphatic heterocycles. The number of benzene rings is 3.